The Hall–Kier alpha value is -1.60. The van der Waals surface area contributed by atoms with Crippen molar-refractivity contribution in [3.05, 3.63) is 35.1 Å². The second kappa shape index (κ2) is 6.49. The van der Waals surface area contributed by atoms with Crippen LogP contribution < -0.4 is 0 Å². The van der Waals surface area contributed by atoms with Gasteiger partial charge in [-0.3, -0.25) is 9.69 Å². The standard InChI is InChI=1S/C16H19F3N2O2/c17-11-8-10(9-12(18)15(11)19)16(23)21-6-4-20(5-7-21)13-2-1-3-14(13)22/h8-9,13-14,22H,1-7H2/t13-,14-/m0/s1. The highest BCUT2D eigenvalue weighted by atomic mass is 19.2. The number of carbonyl (C=O) groups excluding carboxylic acids is 1. The molecular weight excluding hydrogens is 309 g/mol. The SMILES string of the molecule is O=C(c1cc(F)c(F)c(F)c1)N1CCN([C@H]2CCC[C@@H]2O)CC1. The van der Waals surface area contributed by atoms with Crippen LogP contribution in [0.5, 0.6) is 0 Å². The molecule has 23 heavy (non-hydrogen) atoms. The summed E-state index contributed by atoms with van der Waals surface area (Å²) in [6.45, 7) is 2.06. The lowest BCUT2D eigenvalue weighted by molar-refractivity contribution is 0.0315. The molecule has 1 amide bonds. The molecule has 1 aromatic carbocycles. The summed E-state index contributed by atoms with van der Waals surface area (Å²) < 4.78 is 39.5. The minimum atomic E-state index is -1.57. The van der Waals surface area contributed by atoms with Crippen molar-refractivity contribution in [2.75, 3.05) is 26.2 Å². The zero-order valence-electron chi connectivity index (χ0n) is 12.6. The molecule has 2 fully saturated rings. The van der Waals surface area contributed by atoms with E-state index < -0.39 is 23.4 Å². The van der Waals surface area contributed by atoms with Gasteiger partial charge in [-0.2, -0.15) is 0 Å². The van der Waals surface area contributed by atoms with Crippen LogP contribution in [-0.2, 0) is 0 Å². The Bertz CT molecular complexity index is 580. The van der Waals surface area contributed by atoms with Crippen molar-refractivity contribution >= 4 is 5.91 Å². The lowest BCUT2D eigenvalue weighted by atomic mass is 10.1. The predicted octanol–water partition coefficient (Wildman–Crippen LogP) is 1.78. The van der Waals surface area contributed by atoms with E-state index in [1.807, 2.05) is 0 Å². The summed E-state index contributed by atoms with van der Waals surface area (Å²) >= 11 is 0. The van der Waals surface area contributed by atoms with Crippen LogP contribution in [0.4, 0.5) is 13.2 Å². The van der Waals surface area contributed by atoms with Crippen molar-refractivity contribution < 1.29 is 23.1 Å². The van der Waals surface area contributed by atoms with E-state index in [1.54, 1.807) is 0 Å². The summed E-state index contributed by atoms with van der Waals surface area (Å²) in [5, 5.41) is 9.94. The Morgan fingerprint density at radius 2 is 1.65 bits per heavy atom. The molecule has 0 bridgehead atoms. The number of piperazine rings is 1. The molecule has 1 saturated carbocycles. The predicted molar refractivity (Wildman–Crippen MR) is 77.4 cm³/mol. The maximum Gasteiger partial charge on any atom is 0.254 e. The van der Waals surface area contributed by atoms with Crippen molar-refractivity contribution in [2.24, 2.45) is 0 Å². The van der Waals surface area contributed by atoms with Crippen LogP contribution in [0.15, 0.2) is 12.1 Å². The second-order valence-corrected chi connectivity index (χ2v) is 6.15. The number of nitrogens with zero attached hydrogens (tertiary/aromatic N) is 2. The lowest BCUT2D eigenvalue weighted by Crippen LogP contribution is -2.53. The molecule has 126 valence electrons. The number of aliphatic hydroxyl groups is 1. The smallest absolute Gasteiger partial charge is 0.254 e. The van der Waals surface area contributed by atoms with Crippen molar-refractivity contribution in [1.82, 2.24) is 9.80 Å². The summed E-state index contributed by atoms with van der Waals surface area (Å²) in [5.74, 6) is -4.79. The summed E-state index contributed by atoms with van der Waals surface area (Å²) in [7, 11) is 0. The van der Waals surface area contributed by atoms with Gasteiger partial charge in [0.2, 0.25) is 0 Å². The molecule has 0 aromatic heterocycles. The van der Waals surface area contributed by atoms with Gasteiger partial charge < -0.3 is 10.0 Å². The molecule has 2 atom stereocenters. The third kappa shape index (κ3) is 3.21. The quantitative estimate of drug-likeness (QED) is 0.842. The van der Waals surface area contributed by atoms with E-state index in [0.717, 1.165) is 31.4 Å². The molecule has 1 heterocycles. The van der Waals surface area contributed by atoms with E-state index in [1.165, 1.54) is 4.90 Å². The average Bonchev–Trinajstić information content (AvgIpc) is 2.97. The topological polar surface area (TPSA) is 43.8 Å². The number of hydrogen-bond donors (Lipinski definition) is 1. The number of halogens is 3. The van der Waals surface area contributed by atoms with Gasteiger partial charge in [-0.15, -0.1) is 0 Å². The monoisotopic (exact) mass is 328 g/mol. The van der Waals surface area contributed by atoms with Crippen LogP contribution in [0.2, 0.25) is 0 Å². The highest BCUT2D eigenvalue weighted by molar-refractivity contribution is 5.94. The third-order valence-electron chi connectivity index (χ3n) is 4.75. The first-order valence-corrected chi connectivity index (χ1v) is 7.83. The van der Waals surface area contributed by atoms with Crippen molar-refractivity contribution in [3.8, 4) is 0 Å². The molecule has 1 aromatic rings. The lowest BCUT2D eigenvalue weighted by Gasteiger charge is -2.39. The first-order chi connectivity index (χ1) is 11.0. The van der Waals surface area contributed by atoms with Crippen LogP contribution in [0, 0.1) is 17.5 Å². The van der Waals surface area contributed by atoms with Crippen LogP contribution >= 0.6 is 0 Å². The Labute approximate surface area is 132 Å². The number of rotatable bonds is 2. The van der Waals surface area contributed by atoms with Gasteiger partial charge in [0.05, 0.1) is 6.10 Å². The van der Waals surface area contributed by atoms with Gasteiger partial charge in [0.25, 0.3) is 5.91 Å². The second-order valence-electron chi connectivity index (χ2n) is 6.15. The molecule has 1 aliphatic heterocycles. The van der Waals surface area contributed by atoms with Crippen LogP contribution in [0.25, 0.3) is 0 Å². The molecule has 7 heteroatoms. The third-order valence-corrected chi connectivity index (χ3v) is 4.75. The fourth-order valence-corrected chi connectivity index (χ4v) is 3.47. The number of hydrogen-bond acceptors (Lipinski definition) is 3. The Morgan fingerprint density at radius 1 is 1.04 bits per heavy atom. The zero-order valence-corrected chi connectivity index (χ0v) is 12.6. The highest BCUT2D eigenvalue weighted by Gasteiger charge is 2.33. The van der Waals surface area contributed by atoms with Gasteiger partial charge >= 0.3 is 0 Å². The summed E-state index contributed by atoms with van der Waals surface area (Å²) in [6.07, 6.45) is 2.43. The van der Waals surface area contributed by atoms with E-state index >= 15 is 0 Å². The minimum Gasteiger partial charge on any atom is -0.391 e. The molecular formula is C16H19F3N2O2. The molecule has 2 aliphatic rings. The average molecular weight is 328 g/mol. The van der Waals surface area contributed by atoms with Crippen LogP contribution in [-0.4, -0.2) is 59.1 Å². The number of amides is 1. The molecule has 0 radical (unpaired) electrons. The summed E-state index contributed by atoms with van der Waals surface area (Å²) in [6, 6.07) is 1.59. The molecule has 1 N–H and O–H groups in total. The fraction of sp³-hybridized carbons (Fsp3) is 0.562. The van der Waals surface area contributed by atoms with Gasteiger partial charge in [0, 0.05) is 37.8 Å². The molecule has 1 saturated heterocycles. The largest absolute Gasteiger partial charge is 0.391 e. The molecule has 3 rings (SSSR count). The van der Waals surface area contributed by atoms with E-state index in [0.29, 0.717) is 26.2 Å². The first-order valence-electron chi connectivity index (χ1n) is 7.83. The van der Waals surface area contributed by atoms with E-state index in [4.69, 9.17) is 0 Å². The molecule has 0 spiro atoms. The van der Waals surface area contributed by atoms with E-state index in [9.17, 15) is 23.1 Å². The van der Waals surface area contributed by atoms with Gasteiger partial charge in [0.15, 0.2) is 17.5 Å². The normalized spacial score (nSPS) is 25.8. The maximum absolute atomic E-state index is 13.3. The van der Waals surface area contributed by atoms with Crippen LogP contribution in [0.3, 0.4) is 0 Å². The van der Waals surface area contributed by atoms with Crippen LogP contribution in [0.1, 0.15) is 29.6 Å². The van der Waals surface area contributed by atoms with Crippen molar-refractivity contribution in [1.29, 1.82) is 0 Å². The van der Waals surface area contributed by atoms with Gasteiger partial charge in [-0.25, -0.2) is 13.2 Å². The van der Waals surface area contributed by atoms with Gasteiger partial charge in [-0.1, -0.05) is 0 Å². The highest BCUT2D eigenvalue weighted by Crippen LogP contribution is 2.25. The Morgan fingerprint density at radius 3 is 2.17 bits per heavy atom. The van der Waals surface area contributed by atoms with Gasteiger partial charge in [0.1, 0.15) is 0 Å². The minimum absolute atomic E-state index is 0.132. The van der Waals surface area contributed by atoms with E-state index in [-0.39, 0.29) is 17.7 Å². The Balaban J connectivity index is 1.64. The fourth-order valence-electron chi connectivity index (χ4n) is 3.47. The molecule has 1 aliphatic carbocycles. The first kappa shape index (κ1) is 16.3. The molecule has 0 unspecified atom stereocenters. The van der Waals surface area contributed by atoms with Gasteiger partial charge in [-0.05, 0) is 31.4 Å². The number of aliphatic hydroxyl groups excluding tert-OH is 1. The Kier molecular flexibility index (Phi) is 4.59. The summed E-state index contributed by atoms with van der Waals surface area (Å²) in [5.41, 5.74) is -0.184. The zero-order chi connectivity index (χ0) is 16.6. The number of carbonyl (C=O) groups is 1. The summed E-state index contributed by atoms with van der Waals surface area (Å²) in [4.78, 5) is 16.0. The maximum atomic E-state index is 13.3. The van der Waals surface area contributed by atoms with Crippen molar-refractivity contribution in [3.63, 3.8) is 0 Å². The van der Waals surface area contributed by atoms with Crippen molar-refractivity contribution in [2.45, 2.75) is 31.4 Å². The van der Waals surface area contributed by atoms with E-state index in [2.05, 4.69) is 4.90 Å². The number of benzene rings is 1. The molecule has 4 nitrogen and oxygen atoms in total.